The standard InChI is InChI=1S/C9H12Cl2O2Si/c1-12-8-5-4-7(14(3,10)11)6-9(8)13-2/h4-6H,1-3H3. The molecule has 0 bridgehead atoms. The quantitative estimate of drug-likeness (QED) is 0.607. The van der Waals surface area contributed by atoms with E-state index in [1.807, 2.05) is 24.7 Å². The van der Waals surface area contributed by atoms with Crippen molar-refractivity contribution in [1.82, 2.24) is 0 Å². The third-order valence-corrected chi connectivity index (χ3v) is 4.52. The monoisotopic (exact) mass is 250 g/mol. The highest BCUT2D eigenvalue weighted by Gasteiger charge is 2.25. The zero-order valence-electron chi connectivity index (χ0n) is 8.30. The number of hydrogen-bond acceptors (Lipinski definition) is 2. The van der Waals surface area contributed by atoms with Crippen LogP contribution in [0.4, 0.5) is 0 Å². The summed E-state index contributed by atoms with van der Waals surface area (Å²) in [5.74, 6) is 1.34. The van der Waals surface area contributed by atoms with Crippen molar-refractivity contribution < 1.29 is 9.47 Å². The van der Waals surface area contributed by atoms with E-state index < -0.39 is 6.69 Å². The second-order valence-corrected chi connectivity index (χ2v) is 10.4. The van der Waals surface area contributed by atoms with Gasteiger partial charge in [-0.05, 0) is 23.9 Å². The first-order valence-corrected chi connectivity index (χ1v) is 8.61. The van der Waals surface area contributed by atoms with E-state index in [0.717, 1.165) is 5.19 Å². The molecule has 0 atom stereocenters. The van der Waals surface area contributed by atoms with Crippen molar-refractivity contribution in [2.75, 3.05) is 14.2 Å². The lowest BCUT2D eigenvalue weighted by Gasteiger charge is -2.14. The van der Waals surface area contributed by atoms with E-state index in [1.165, 1.54) is 0 Å². The topological polar surface area (TPSA) is 18.5 Å². The van der Waals surface area contributed by atoms with Crippen LogP contribution in [-0.4, -0.2) is 20.9 Å². The molecule has 0 unspecified atom stereocenters. The van der Waals surface area contributed by atoms with E-state index in [1.54, 1.807) is 14.2 Å². The molecule has 0 aliphatic carbocycles. The highest BCUT2D eigenvalue weighted by molar-refractivity contribution is 7.50. The van der Waals surface area contributed by atoms with Crippen LogP contribution in [0.2, 0.25) is 6.55 Å². The second kappa shape index (κ2) is 4.42. The number of methoxy groups -OCH3 is 2. The first-order chi connectivity index (χ1) is 6.49. The molecule has 2 nitrogen and oxygen atoms in total. The van der Waals surface area contributed by atoms with Crippen LogP contribution in [0.15, 0.2) is 18.2 Å². The fraction of sp³-hybridized carbons (Fsp3) is 0.333. The summed E-state index contributed by atoms with van der Waals surface area (Å²) in [5.41, 5.74) is 0. The van der Waals surface area contributed by atoms with E-state index in [9.17, 15) is 0 Å². The molecule has 0 aromatic heterocycles. The zero-order valence-corrected chi connectivity index (χ0v) is 10.8. The van der Waals surface area contributed by atoms with Gasteiger partial charge in [0.15, 0.2) is 11.5 Å². The van der Waals surface area contributed by atoms with Crippen molar-refractivity contribution in [2.45, 2.75) is 6.55 Å². The molecule has 0 heterocycles. The van der Waals surface area contributed by atoms with Crippen molar-refractivity contribution in [2.24, 2.45) is 0 Å². The molecule has 0 fully saturated rings. The molecule has 0 amide bonds. The van der Waals surface area contributed by atoms with Crippen LogP contribution in [-0.2, 0) is 0 Å². The maximum absolute atomic E-state index is 6.09. The van der Waals surface area contributed by atoms with Crippen LogP contribution >= 0.6 is 22.2 Å². The molecule has 5 heteroatoms. The van der Waals surface area contributed by atoms with Gasteiger partial charge in [-0.15, -0.1) is 22.2 Å². The molecule has 78 valence electrons. The number of rotatable bonds is 3. The SMILES string of the molecule is COc1ccc([Si](C)(Cl)Cl)cc1OC. The molecule has 1 aromatic carbocycles. The van der Waals surface area contributed by atoms with E-state index in [-0.39, 0.29) is 0 Å². The molecular formula is C9H12Cl2O2Si. The van der Waals surface area contributed by atoms with Crippen LogP contribution < -0.4 is 14.7 Å². The molecule has 0 radical (unpaired) electrons. The van der Waals surface area contributed by atoms with Gasteiger partial charge in [-0.25, -0.2) is 0 Å². The van der Waals surface area contributed by atoms with Gasteiger partial charge in [0.1, 0.15) is 0 Å². The molecule has 1 aromatic rings. The lowest BCUT2D eigenvalue weighted by molar-refractivity contribution is 0.355. The third kappa shape index (κ3) is 2.56. The summed E-state index contributed by atoms with van der Waals surface area (Å²) in [6.45, 7) is -0.463. The molecule has 0 N–H and O–H groups in total. The summed E-state index contributed by atoms with van der Waals surface area (Å²) in [4.78, 5) is 0. The smallest absolute Gasteiger partial charge is 0.278 e. The van der Waals surface area contributed by atoms with E-state index in [2.05, 4.69) is 0 Å². The summed E-state index contributed by atoms with van der Waals surface area (Å²) < 4.78 is 10.3. The van der Waals surface area contributed by atoms with Crippen molar-refractivity contribution in [1.29, 1.82) is 0 Å². The maximum atomic E-state index is 6.09. The number of halogens is 2. The Hall–Kier alpha value is -0.383. The minimum absolute atomic E-state index is 0.657. The van der Waals surface area contributed by atoms with E-state index >= 15 is 0 Å². The summed E-state index contributed by atoms with van der Waals surface area (Å²) >= 11 is 12.2. The van der Waals surface area contributed by atoms with Gasteiger partial charge in [0, 0.05) is 0 Å². The molecule has 0 saturated heterocycles. The van der Waals surface area contributed by atoms with Crippen LogP contribution in [0.1, 0.15) is 0 Å². The maximum Gasteiger partial charge on any atom is 0.278 e. The van der Waals surface area contributed by atoms with Gasteiger partial charge in [-0.1, -0.05) is 6.07 Å². The highest BCUT2D eigenvalue weighted by Crippen LogP contribution is 2.27. The van der Waals surface area contributed by atoms with Crippen LogP contribution in [0, 0.1) is 0 Å². The van der Waals surface area contributed by atoms with Crippen LogP contribution in [0.3, 0.4) is 0 Å². The minimum Gasteiger partial charge on any atom is -0.493 e. The molecular weight excluding hydrogens is 239 g/mol. The second-order valence-electron chi connectivity index (χ2n) is 2.96. The Kier molecular flexibility index (Phi) is 3.69. The minimum atomic E-state index is -2.31. The fourth-order valence-corrected chi connectivity index (χ4v) is 2.58. The molecule has 0 aliphatic rings. The molecule has 0 aliphatic heterocycles. The first kappa shape index (κ1) is 11.7. The van der Waals surface area contributed by atoms with Gasteiger partial charge in [-0.2, -0.15) is 0 Å². The van der Waals surface area contributed by atoms with Crippen LogP contribution in [0.25, 0.3) is 0 Å². The van der Waals surface area contributed by atoms with Gasteiger partial charge in [0.2, 0.25) is 0 Å². The molecule has 14 heavy (non-hydrogen) atoms. The number of hydrogen-bond donors (Lipinski definition) is 0. The number of benzene rings is 1. The van der Waals surface area contributed by atoms with Gasteiger partial charge in [-0.3, -0.25) is 0 Å². The Morgan fingerprint density at radius 2 is 1.64 bits per heavy atom. The normalized spacial score (nSPS) is 11.2. The average Bonchev–Trinajstić information content (AvgIpc) is 2.15. The Bertz CT molecular complexity index is 323. The van der Waals surface area contributed by atoms with Crippen molar-refractivity contribution in [3.63, 3.8) is 0 Å². The predicted molar refractivity (Wildman–Crippen MR) is 62.5 cm³/mol. The summed E-state index contributed by atoms with van der Waals surface area (Å²) in [6.07, 6.45) is 0. The molecule has 1 rings (SSSR count). The summed E-state index contributed by atoms with van der Waals surface area (Å²) in [5, 5.41) is 0.915. The van der Waals surface area contributed by atoms with Gasteiger partial charge >= 0.3 is 0 Å². The van der Waals surface area contributed by atoms with Gasteiger partial charge in [0.05, 0.1) is 14.2 Å². The largest absolute Gasteiger partial charge is 0.493 e. The van der Waals surface area contributed by atoms with Gasteiger partial charge < -0.3 is 9.47 Å². The Morgan fingerprint density at radius 1 is 1.07 bits per heavy atom. The molecule has 0 spiro atoms. The lowest BCUT2D eigenvalue weighted by atomic mass is 10.3. The van der Waals surface area contributed by atoms with E-state index in [4.69, 9.17) is 31.6 Å². The lowest BCUT2D eigenvalue weighted by Crippen LogP contribution is -2.32. The predicted octanol–water partition coefficient (Wildman–Crippen LogP) is 2.46. The van der Waals surface area contributed by atoms with Crippen molar-refractivity contribution in [3.05, 3.63) is 18.2 Å². The number of ether oxygens (including phenoxy) is 2. The Labute approximate surface area is 94.2 Å². The van der Waals surface area contributed by atoms with Crippen molar-refractivity contribution in [3.8, 4) is 11.5 Å². The first-order valence-electron chi connectivity index (χ1n) is 4.09. The summed E-state index contributed by atoms with van der Waals surface area (Å²) in [7, 11) is 3.18. The molecule has 0 saturated carbocycles. The average molecular weight is 251 g/mol. The van der Waals surface area contributed by atoms with Crippen LogP contribution in [0.5, 0.6) is 11.5 Å². The highest BCUT2D eigenvalue weighted by atomic mass is 35.7. The summed E-state index contributed by atoms with van der Waals surface area (Å²) in [6, 6.07) is 5.50. The van der Waals surface area contributed by atoms with Crippen molar-refractivity contribution >= 4 is 34.0 Å². The van der Waals surface area contributed by atoms with Gasteiger partial charge in [0.25, 0.3) is 6.69 Å². The third-order valence-electron chi connectivity index (χ3n) is 1.89. The Balaban J connectivity index is 3.14. The fourth-order valence-electron chi connectivity index (χ4n) is 1.11. The zero-order chi connectivity index (χ0) is 10.8. The van der Waals surface area contributed by atoms with E-state index in [0.29, 0.717) is 11.5 Å². The Morgan fingerprint density at radius 3 is 2.07 bits per heavy atom.